The fourth-order valence-corrected chi connectivity index (χ4v) is 10.2. The average molecular weight is 1260 g/mol. The van der Waals surface area contributed by atoms with Gasteiger partial charge in [-0.25, -0.2) is 0 Å². The van der Waals surface area contributed by atoms with E-state index in [0.717, 1.165) is 128 Å². The van der Waals surface area contributed by atoms with Crippen LogP contribution in [0.1, 0.15) is 219 Å². The molecule has 14 nitrogen and oxygen atoms in total. The van der Waals surface area contributed by atoms with E-state index in [1.807, 2.05) is 6.08 Å². The van der Waals surface area contributed by atoms with Gasteiger partial charge in [0, 0.05) is 6.42 Å². The number of ether oxygens (including phenoxy) is 4. The molecule has 2 fully saturated rings. The van der Waals surface area contributed by atoms with Crippen molar-refractivity contribution in [3.63, 3.8) is 0 Å². The maximum absolute atomic E-state index is 13.3. The number of unbranched alkanes of at least 4 members (excludes halogenated alkanes) is 17. The SMILES string of the molecule is CC/C=C\C/C=C\C/C=C\C/C=C\C/C=C\C/C=C\C/C=C\C/C=C\C/C=C\C/C=C\CCCCCCCCC(=O)NC(COC1OC(CO)C(OC2OC(CO)C(O)C(O)C2O)C(O)C1O)C(O)/C=C/CC/C=C/CC/C=C/CCCCCCCCCCC. The van der Waals surface area contributed by atoms with Crippen LogP contribution in [0.25, 0.3) is 0 Å². The number of rotatable bonds is 54. The van der Waals surface area contributed by atoms with Crippen LogP contribution in [0.15, 0.2) is 158 Å². The lowest BCUT2D eigenvalue weighted by molar-refractivity contribution is -0.359. The summed E-state index contributed by atoms with van der Waals surface area (Å²) in [4.78, 5) is 13.3. The quantitative estimate of drug-likeness (QED) is 0.0204. The Morgan fingerprint density at radius 1 is 0.411 bits per heavy atom. The number of carbonyl (C=O) groups excluding carboxylic acids is 1. The van der Waals surface area contributed by atoms with E-state index >= 15 is 0 Å². The number of allylic oxidation sites excluding steroid dienone is 25. The van der Waals surface area contributed by atoms with E-state index in [9.17, 15) is 45.6 Å². The standard InChI is InChI=1S/C76H123NO13/c1-3-5-7-9-11-13-15-17-19-21-23-24-25-26-27-28-29-30-31-32-33-34-35-36-37-38-39-40-42-44-46-48-50-52-54-56-58-60-68(81)77-64(65(80)59-57-55-53-51-49-47-45-43-41-22-20-18-16-14-12-10-8-6-4-2)63-87-75-73(86)71(84)74(67(62-79)89-75)90-76-72(85)70(83)69(82)66(61-78)88-76/h5,7,11,13,17,19,23-24,26-27,29-30,32-33,35-36,38-39,41-44,49,51,57,59,64-67,69-76,78-80,82-86H,3-4,6,8-10,12,14-16,18,20-22,25,28,31,34,37,40,45-48,50,52-56,58,60-63H2,1-2H3,(H,77,81)/b7-5-,13-11-,19-17-,24-23-,27-26-,30-29-,33-32-,36-35-,39-38-,43-41+,44-42-,51-49+,59-57+. The molecule has 0 aromatic carbocycles. The van der Waals surface area contributed by atoms with Gasteiger partial charge in [0.2, 0.25) is 5.91 Å². The lowest BCUT2D eigenvalue weighted by Crippen LogP contribution is -2.65. The van der Waals surface area contributed by atoms with Crippen LogP contribution < -0.4 is 5.32 Å². The molecule has 0 bridgehead atoms. The Labute approximate surface area is 544 Å². The molecule has 14 heteroatoms. The van der Waals surface area contributed by atoms with Crippen molar-refractivity contribution >= 4 is 5.91 Å². The topological polar surface area (TPSA) is 228 Å². The summed E-state index contributed by atoms with van der Waals surface area (Å²) in [6, 6.07) is -0.959. The number of amides is 1. The monoisotopic (exact) mass is 1260 g/mol. The Hall–Kier alpha value is -4.39. The number of aliphatic hydroxyl groups excluding tert-OH is 8. The highest BCUT2D eigenvalue weighted by atomic mass is 16.7. The Kier molecular flexibility index (Phi) is 53.0. The molecule has 1 amide bonds. The highest BCUT2D eigenvalue weighted by Crippen LogP contribution is 2.30. The zero-order valence-electron chi connectivity index (χ0n) is 55.3. The first-order valence-corrected chi connectivity index (χ1v) is 34.7. The molecule has 0 aromatic heterocycles. The first-order chi connectivity index (χ1) is 44.1. The van der Waals surface area contributed by atoms with E-state index in [1.165, 1.54) is 57.8 Å². The summed E-state index contributed by atoms with van der Waals surface area (Å²) < 4.78 is 22.8. The van der Waals surface area contributed by atoms with Gasteiger partial charge in [-0.15, -0.1) is 0 Å². The normalized spacial score (nSPS) is 23.9. The van der Waals surface area contributed by atoms with Crippen molar-refractivity contribution in [2.45, 2.75) is 293 Å². The maximum atomic E-state index is 13.3. The van der Waals surface area contributed by atoms with Gasteiger partial charge in [-0.05, 0) is 122 Å². The van der Waals surface area contributed by atoms with E-state index < -0.39 is 86.8 Å². The number of carbonyl (C=O) groups is 1. The van der Waals surface area contributed by atoms with Crippen LogP contribution in [0.2, 0.25) is 0 Å². The fraction of sp³-hybridized carbons (Fsp3) is 0.645. The van der Waals surface area contributed by atoms with Crippen LogP contribution in [-0.4, -0.2) is 140 Å². The second kappa shape index (κ2) is 58.4. The molecule has 510 valence electrons. The van der Waals surface area contributed by atoms with Gasteiger partial charge >= 0.3 is 0 Å². The van der Waals surface area contributed by atoms with Crippen LogP contribution in [0, 0.1) is 0 Å². The lowest BCUT2D eigenvalue weighted by Gasteiger charge is -2.46. The molecule has 0 aliphatic carbocycles. The van der Waals surface area contributed by atoms with E-state index in [4.69, 9.17) is 18.9 Å². The summed E-state index contributed by atoms with van der Waals surface area (Å²) in [5.41, 5.74) is 0. The first-order valence-electron chi connectivity index (χ1n) is 34.7. The molecule has 12 unspecified atom stereocenters. The summed E-state index contributed by atoms with van der Waals surface area (Å²) in [6.07, 6.45) is 72.9. The molecular formula is C76H123NO13. The van der Waals surface area contributed by atoms with Crippen LogP contribution in [0.5, 0.6) is 0 Å². The molecule has 0 spiro atoms. The van der Waals surface area contributed by atoms with Crippen LogP contribution in [0.4, 0.5) is 0 Å². The summed E-state index contributed by atoms with van der Waals surface area (Å²) in [5.74, 6) is -0.275. The lowest BCUT2D eigenvalue weighted by atomic mass is 9.97. The first kappa shape index (κ1) is 81.7. The predicted octanol–water partition coefficient (Wildman–Crippen LogP) is 14.2. The Morgan fingerprint density at radius 3 is 1.22 bits per heavy atom. The second-order valence-corrected chi connectivity index (χ2v) is 23.5. The zero-order valence-corrected chi connectivity index (χ0v) is 55.3. The minimum Gasteiger partial charge on any atom is -0.394 e. The number of aliphatic hydroxyl groups is 8. The smallest absolute Gasteiger partial charge is 0.220 e. The molecule has 2 aliphatic heterocycles. The van der Waals surface area contributed by atoms with Crippen molar-refractivity contribution < 1.29 is 64.6 Å². The minimum absolute atomic E-state index is 0.242. The highest BCUT2D eigenvalue weighted by Gasteiger charge is 2.51. The molecule has 90 heavy (non-hydrogen) atoms. The molecule has 12 atom stereocenters. The van der Waals surface area contributed by atoms with Gasteiger partial charge in [0.15, 0.2) is 12.6 Å². The molecule has 0 saturated carbocycles. The molecule has 2 heterocycles. The van der Waals surface area contributed by atoms with Gasteiger partial charge in [-0.1, -0.05) is 249 Å². The average Bonchev–Trinajstić information content (AvgIpc) is 1.58. The molecule has 0 aromatic rings. The summed E-state index contributed by atoms with van der Waals surface area (Å²) in [5, 5.41) is 87.3. The second-order valence-electron chi connectivity index (χ2n) is 23.5. The number of hydrogen-bond acceptors (Lipinski definition) is 13. The fourth-order valence-electron chi connectivity index (χ4n) is 10.2. The van der Waals surface area contributed by atoms with Crippen molar-refractivity contribution in [2.75, 3.05) is 19.8 Å². The Bertz CT molecular complexity index is 2120. The Balaban J connectivity index is 1.70. The number of nitrogens with one attached hydrogen (secondary N) is 1. The number of hydrogen-bond donors (Lipinski definition) is 9. The third-order valence-electron chi connectivity index (χ3n) is 15.7. The molecule has 2 saturated heterocycles. The summed E-state index contributed by atoms with van der Waals surface area (Å²) in [7, 11) is 0. The minimum atomic E-state index is -1.80. The van der Waals surface area contributed by atoms with Gasteiger partial charge in [0.1, 0.15) is 48.8 Å². The van der Waals surface area contributed by atoms with E-state index in [-0.39, 0.29) is 18.9 Å². The van der Waals surface area contributed by atoms with Crippen molar-refractivity contribution in [3.05, 3.63) is 158 Å². The van der Waals surface area contributed by atoms with Gasteiger partial charge in [-0.3, -0.25) is 4.79 Å². The molecule has 0 radical (unpaired) electrons. The third kappa shape index (κ3) is 42.0. The predicted molar refractivity (Wildman–Crippen MR) is 368 cm³/mol. The van der Waals surface area contributed by atoms with E-state index in [1.54, 1.807) is 6.08 Å². The van der Waals surface area contributed by atoms with Gasteiger partial charge < -0.3 is 65.1 Å². The Morgan fingerprint density at radius 2 is 0.778 bits per heavy atom. The van der Waals surface area contributed by atoms with Gasteiger partial charge in [0.05, 0.1) is 32.0 Å². The van der Waals surface area contributed by atoms with E-state index in [2.05, 4.69) is 165 Å². The molecule has 2 aliphatic rings. The van der Waals surface area contributed by atoms with Crippen molar-refractivity contribution in [1.82, 2.24) is 5.32 Å². The largest absolute Gasteiger partial charge is 0.394 e. The van der Waals surface area contributed by atoms with Crippen LogP contribution >= 0.6 is 0 Å². The van der Waals surface area contributed by atoms with E-state index in [0.29, 0.717) is 12.8 Å². The maximum Gasteiger partial charge on any atom is 0.220 e. The van der Waals surface area contributed by atoms with Crippen molar-refractivity contribution in [3.8, 4) is 0 Å². The molecule has 9 N–H and O–H groups in total. The zero-order chi connectivity index (χ0) is 65.2. The summed E-state index contributed by atoms with van der Waals surface area (Å²) in [6.45, 7) is 2.63. The molecule has 2 rings (SSSR count). The van der Waals surface area contributed by atoms with Crippen molar-refractivity contribution in [1.29, 1.82) is 0 Å². The highest BCUT2D eigenvalue weighted by molar-refractivity contribution is 5.76. The molecular weight excluding hydrogens is 1130 g/mol. The van der Waals surface area contributed by atoms with Crippen molar-refractivity contribution in [2.24, 2.45) is 0 Å². The van der Waals surface area contributed by atoms with Gasteiger partial charge in [-0.2, -0.15) is 0 Å². The van der Waals surface area contributed by atoms with Crippen LogP contribution in [0.3, 0.4) is 0 Å². The van der Waals surface area contributed by atoms with Gasteiger partial charge in [0.25, 0.3) is 0 Å². The summed E-state index contributed by atoms with van der Waals surface area (Å²) >= 11 is 0. The van der Waals surface area contributed by atoms with Crippen LogP contribution in [-0.2, 0) is 23.7 Å². The third-order valence-corrected chi connectivity index (χ3v) is 15.7.